The minimum absolute atomic E-state index is 0.0907. The molecule has 15 N–H and O–H groups in total. The van der Waals surface area contributed by atoms with Gasteiger partial charge in [0.25, 0.3) is 0 Å². The predicted molar refractivity (Wildman–Crippen MR) is 125 cm³/mol. The van der Waals surface area contributed by atoms with Gasteiger partial charge in [-0.05, 0) is 25.7 Å². The number of carbonyl (C=O) groups is 5. The maximum Gasteiger partial charge on any atom is 0.326 e. The van der Waals surface area contributed by atoms with Crippen LogP contribution in [0.4, 0.5) is 0 Å². The van der Waals surface area contributed by atoms with Crippen LogP contribution in [0.15, 0.2) is 9.98 Å². The molecule has 0 aromatic rings. The Morgan fingerprint density at radius 3 is 1.80 bits per heavy atom. The van der Waals surface area contributed by atoms with E-state index in [1.807, 2.05) is 5.32 Å². The standard InChI is InChI=1S/C18H34N10O7/c19-9(3-1-5-24-17(20)21)14(32)28-10(4-2-6-25-18(22)23)15(33)26-8-12(29)27-11(16(34)35)7-13(30)31/h9-11H,1-8,19H2,(H,26,33)(H,27,29)(H,28,32)(H,30,31)(H,34,35)(H4,20,21,24)(H4,22,23,25)/t9-,10-,11-/m0/s1. The van der Waals surface area contributed by atoms with Crippen LogP contribution in [-0.2, 0) is 24.0 Å². The number of carbonyl (C=O) groups excluding carboxylic acids is 3. The summed E-state index contributed by atoms with van der Waals surface area (Å²) in [5.41, 5.74) is 26.8. The van der Waals surface area contributed by atoms with Crippen LogP contribution in [-0.4, -0.2) is 89.6 Å². The van der Waals surface area contributed by atoms with E-state index in [9.17, 15) is 24.0 Å². The third-order valence-electron chi connectivity index (χ3n) is 4.32. The number of nitrogens with zero attached hydrogens (tertiary/aromatic N) is 2. The Bertz CT molecular complexity index is 809. The molecule has 3 amide bonds. The molecule has 0 aliphatic carbocycles. The molecule has 198 valence electrons. The largest absolute Gasteiger partial charge is 0.481 e. The lowest BCUT2D eigenvalue weighted by atomic mass is 10.1. The van der Waals surface area contributed by atoms with Crippen LogP contribution in [0.1, 0.15) is 32.1 Å². The molecule has 0 saturated heterocycles. The molecule has 0 bridgehead atoms. The van der Waals surface area contributed by atoms with Gasteiger partial charge < -0.3 is 54.8 Å². The van der Waals surface area contributed by atoms with Crippen LogP contribution in [0.2, 0.25) is 0 Å². The molecule has 0 unspecified atom stereocenters. The van der Waals surface area contributed by atoms with Crippen LogP contribution in [0.5, 0.6) is 0 Å². The summed E-state index contributed by atoms with van der Waals surface area (Å²) in [6.07, 6.45) is 0.178. The predicted octanol–water partition coefficient (Wildman–Crippen LogP) is -4.93. The van der Waals surface area contributed by atoms with Crippen molar-refractivity contribution in [3.63, 3.8) is 0 Å². The highest BCUT2D eigenvalue weighted by Gasteiger charge is 2.26. The van der Waals surface area contributed by atoms with Gasteiger partial charge in [0, 0.05) is 13.1 Å². The van der Waals surface area contributed by atoms with Crippen LogP contribution in [0.25, 0.3) is 0 Å². The molecule has 0 aromatic carbocycles. The summed E-state index contributed by atoms with van der Waals surface area (Å²) in [4.78, 5) is 66.3. The number of carboxylic acid groups (broad SMARTS) is 2. The summed E-state index contributed by atoms with van der Waals surface area (Å²) in [5, 5.41) is 24.4. The van der Waals surface area contributed by atoms with E-state index in [0.29, 0.717) is 12.8 Å². The van der Waals surface area contributed by atoms with Gasteiger partial charge in [-0.15, -0.1) is 0 Å². The second kappa shape index (κ2) is 16.5. The number of amides is 3. The van der Waals surface area contributed by atoms with Crippen molar-refractivity contribution in [2.24, 2.45) is 38.7 Å². The summed E-state index contributed by atoms with van der Waals surface area (Å²) in [6.45, 7) is -0.227. The first-order chi connectivity index (χ1) is 16.3. The van der Waals surface area contributed by atoms with Crippen molar-refractivity contribution >= 4 is 41.6 Å². The Morgan fingerprint density at radius 1 is 0.771 bits per heavy atom. The van der Waals surface area contributed by atoms with Crippen molar-refractivity contribution in [2.75, 3.05) is 19.6 Å². The van der Waals surface area contributed by atoms with Gasteiger partial charge >= 0.3 is 11.9 Å². The number of hydrogen-bond acceptors (Lipinski definition) is 8. The van der Waals surface area contributed by atoms with Crippen LogP contribution < -0.4 is 44.6 Å². The minimum atomic E-state index is -1.68. The van der Waals surface area contributed by atoms with Crippen LogP contribution in [0.3, 0.4) is 0 Å². The molecular weight excluding hydrogens is 468 g/mol. The first kappa shape index (κ1) is 30.9. The number of rotatable bonds is 17. The highest BCUT2D eigenvalue weighted by atomic mass is 16.4. The molecule has 17 nitrogen and oxygen atoms in total. The molecular formula is C18H34N10O7. The molecule has 0 rings (SSSR count). The Morgan fingerprint density at radius 2 is 1.31 bits per heavy atom. The molecule has 0 fully saturated rings. The van der Waals surface area contributed by atoms with Gasteiger partial charge in [0.1, 0.15) is 12.1 Å². The molecule has 17 heteroatoms. The number of aliphatic carboxylic acids is 2. The normalized spacial score (nSPS) is 12.8. The molecule has 0 radical (unpaired) electrons. The van der Waals surface area contributed by atoms with Crippen molar-refractivity contribution in [3.8, 4) is 0 Å². The van der Waals surface area contributed by atoms with E-state index in [0.717, 1.165) is 0 Å². The monoisotopic (exact) mass is 502 g/mol. The summed E-state index contributed by atoms with van der Waals surface area (Å²) in [7, 11) is 0. The topological polar surface area (TPSA) is 317 Å². The third kappa shape index (κ3) is 15.3. The lowest BCUT2D eigenvalue weighted by molar-refractivity contribution is -0.147. The number of guanidine groups is 2. The molecule has 3 atom stereocenters. The van der Waals surface area contributed by atoms with Gasteiger partial charge in [-0.2, -0.15) is 0 Å². The van der Waals surface area contributed by atoms with E-state index in [1.165, 1.54) is 0 Å². The highest BCUT2D eigenvalue weighted by molar-refractivity contribution is 5.93. The highest BCUT2D eigenvalue weighted by Crippen LogP contribution is 2.02. The minimum Gasteiger partial charge on any atom is -0.481 e. The van der Waals surface area contributed by atoms with E-state index >= 15 is 0 Å². The lowest BCUT2D eigenvalue weighted by Crippen LogP contribution is -2.53. The second-order valence-electron chi connectivity index (χ2n) is 7.34. The zero-order chi connectivity index (χ0) is 27.0. The Kier molecular flexibility index (Phi) is 14.5. The fourth-order valence-corrected chi connectivity index (χ4v) is 2.61. The smallest absolute Gasteiger partial charge is 0.326 e. The van der Waals surface area contributed by atoms with Gasteiger partial charge in [-0.1, -0.05) is 0 Å². The van der Waals surface area contributed by atoms with Gasteiger partial charge in [0.15, 0.2) is 11.9 Å². The summed E-state index contributed by atoms with van der Waals surface area (Å²) >= 11 is 0. The van der Waals surface area contributed by atoms with Crippen molar-refractivity contribution < 1.29 is 34.2 Å². The van der Waals surface area contributed by atoms with Crippen molar-refractivity contribution in [1.29, 1.82) is 0 Å². The maximum absolute atomic E-state index is 12.6. The molecule has 0 saturated carbocycles. The molecule has 0 aliphatic rings. The first-order valence-electron chi connectivity index (χ1n) is 10.5. The second-order valence-corrected chi connectivity index (χ2v) is 7.34. The molecule has 35 heavy (non-hydrogen) atoms. The fourth-order valence-electron chi connectivity index (χ4n) is 2.61. The average Bonchev–Trinajstić information content (AvgIpc) is 2.75. The number of nitrogens with one attached hydrogen (secondary N) is 3. The quantitative estimate of drug-likeness (QED) is 0.0508. The van der Waals surface area contributed by atoms with Crippen molar-refractivity contribution in [3.05, 3.63) is 0 Å². The van der Waals surface area contributed by atoms with Gasteiger partial charge in [-0.3, -0.25) is 29.2 Å². The average molecular weight is 503 g/mol. The van der Waals surface area contributed by atoms with Gasteiger partial charge in [-0.25, -0.2) is 4.79 Å². The Hall–Kier alpha value is -4.15. The van der Waals surface area contributed by atoms with E-state index in [2.05, 4.69) is 20.6 Å². The molecule has 0 spiro atoms. The van der Waals surface area contributed by atoms with E-state index in [1.54, 1.807) is 0 Å². The zero-order valence-electron chi connectivity index (χ0n) is 19.1. The summed E-state index contributed by atoms with van der Waals surface area (Å²) < 4.78 is 0. The van der Waals surface area contributed by atoms with Gasteiger partial charge in [0.2, 0.25) is 17.7 Å². The van der Waals surface area contributed by atoms with Gasteiger partial charge in [0.05, 0.1) is 19.0 Å². The zero-order valence-corrected chi connectivity index (χ0v) is 19.1. The molecule has 0 aromatic heterocycles. The first-order valence-corrected chi connectivity index (χ1v) is 10.5. The SMILES string of the molecule is NC(N)=NCCC[C@H](NC(=O)[C@@H](N)CCCN=C(N)N)C(=O)NCC(=O)N[C@@H](CC(=O)O)C(=O)O. The number of nitrogens with two attached hydrogens (primary N) is 5. The summed E-state index contributed by atoms with van der Waals surface area (Å²) in [5.74, 6) is -5.55. The van der Waals surface area contributed by atoms with Crippen molar-refractivity contribution in [2.45, 2.75) is 50.2 Å². The van der Waals surface area contributed by atoms with Crippen molar-refractivity contribution in [1.82, 2.24) is 16.0 Å². The summed E-state index contributed by atoms with van der Waals surface area (Å²) in [6, 6.07) is -3.75. The fraction of sp³-hybridized carbons (Fsp3) is 0.611. The molecule has 0 heterocycles. The van der Waals surface area contributed by atoms with E-state index in [4.69, 9.17) is 38.9 Å². The number of carboxylic acids is 2. The van der Waals surface area contributed by atoms with Crippen LogP contribution >= 0.6 is 0 Å². The Labute approximate surface area is 200 Å². The maximum atomic E-state index is 12.6. The Balaban J connectivity index is 5.00. The number of aliphatic imine (C=N–C) groups is 2. The third-order valence-corrected chi connectivity index (χ3v) is 4.32. The molecule has 0 aliphatic heterocycles. The number of hydrogen-bond donors (Lipinski definition) is 10. The van der Waals surface area contributed by atoms with E-state index in [-0.39, 0.29) is 37.9 Å². The lowest BCUT2D eigenvalue weighted by Gasteiger charge is -2.21. The van der Waals surface area contributed by atoms with Crippen LogP contribution in [0, 0.1) is 0 Å². The van der Waals surface area contributed by atoms with E-state index < -0.39 is 60.8 Å².